The molecule has 98 valence electrons. The van der Waals surface area contributed by atoms with E-state index in [1.807, 2.05) is 0 Å². The molecule has 0 aromatic heterocycles. The summed E-state index contributed by atoms with van der Waals surface area (Å²) in [5.41, 5.74) is 0. The molecule has 0 unspecified atom stereocenters. The molecule has 0 rings (SSSR count). The van der Waals surface area contributed by atoms with Gasteiger partial charge in [-0.25, -0.2) is 0 Å². The van der Waals surface area contributed by atoms with Crippen LogP contribution in [-0.2, 0) is 4.74 Å². The van der Waals surface area contributed by atoms with Crippen LogP contribution in [0, 0.1) is 0 Å². The minimum atomic E-state index is -0.250. The third kappa shape index (κ3) is 61.6. The second kappa shape index (κ2) is 36.1. The molecule has 0 aliphatic rings. The summed E-state index contributed by atoms with van der Waals surface area (Å²) in [6, 6.07) is 0. The van der Waals surface area contributed by atoms with Crippen LogP contribution >= 0.6 is 0 Å². The molecule has 0 atom stereocenters. The molecular weight excluding hydrogens is 311 g/mol. The summed E-state index contributed by atoms with van der Waals surface area (Å²) in [6.07, 6.45) is 5.28. The molecule has 0 spiro atoms. The standard InChI is InChI=1S/C4H8O3.2C4H10.Sn/c5-1-3-7-4-2-6;2*1-3-4-2;/h1-4H2;2*3-4H2,1-2H3;/q-2;;;+2. The SMILES string of the molecule is CCCC.CCCC.[O-]CCOCC[O-].[Sn+2]. The normalized spacial score (nSPS) is 7.88. The van der Waals surface area contributed by atoms with Gasteiger partial charge in [-0.05, 0) is 0 Å². The first kappa shape index (κ1) is 25.5. The van der Waals surface area contributed by atoms with Crippen LogP contribution in [0.5, 0.6) is 0 Å². The minimum absolute atomic E-state index is 0. The van der Waals surface area contributed by atoms with Gasteiger partial charge in [-0.1, -0.05) is 53.4 Å². The van der Waals surface area contributed by atoms with Gasteiger partial charge in [0.25, 0.3) is 0 Å². The maximum absolute atomic E-state index is 9.58. The largest absolute Gasteiger partial charge is 2.00 e. The van der Waals surface area contributed by atoms with Crippen molar-refractivity contribution in [3.05, 3.63) is 0 Å². The van der Waals surface area contributed by atoms with Gasteiger partial charge in [0.1, 0.15) is 0 Å². The van der Waals surface area contributed by atoms with Crippen LogP contribution < -0.4 is 10.2 Å². The van der Waals surface area contributed by atoms with Gasteiger partial charge in [-0.2, -0.15) is 0 Å². The molecule has 0 fully saturated rings. The summed E-state index contributed by atoms with van der Waals surface area (Å²) < 4.78 is 4.51. The number of hydrogen-bond donors (Lipinski definition) is 0. The topological polar surface area (TPSA) is 55.3 Å². The second-order valence-corrected chi connectivity index (χ2v) is 3.02. The summed E-state index contributed by atoms with van der Waals surface area (Å²) in [7, 11) is 0. The Morgan fingerprint density at radius 3 is 1.06 bits per heavy atom. The van der Waals surface area contributed by atoms with E-state index in [9.17, 15) is 10.2 Å². The quantitative estimate of drug-likeness (QED) is 0.535. The molecule has 0 aromatic carbocycles. The maximum atomic E-state index is 9.58. The van der Waals surface area contributed by atoms with Gasteiger partial charge in [-0.3, -0.25) is 0 Å². The van der Waals surface area contributed by atoms with Crippen LogP contribution in [-0.4, -0.2) is 50.3 Å². The first-order valence-electron chi connectivity index (χ1n) is 5.98. The van der Waals surface area contributed by atoms with Gasteiger partial charge in [0.15, 0.2) is 0 Å². The van der Waals surface area contributed by atoms with E-state index in [-0.39, 0.29) is 50.3 Å². The molecular formula is C12H28O3Sn. The first-order chi connectivity index (χ1) is 7.24. The van der Waals surface area contributed by atoms with Crippen LogP contribution in [0.4, 0.5) is 0 Å². The van der Waals surface area contributed by atoms with Crippen molar-refractivity contribution in [1.29, 1.82) is 0 Å². The van der Waals surface area contributed by atoms with Gasteiger partial charge in [0.05, 0.1) is 0 Å². The monoisotopic (exact) mass is 340 g/mol. The van der Waals surface area contributed by atoms with Crippen molar-refractivity contribution < 1.29 is 14.9 Å². The number of ether oxygens (including phenoxy) is 1. The molecule has 4 heteroatoms. The molecule has 0 amide bonds. The van der Waals surface area contributed by atoms with Gasteiger partial charge in [0, 0.05) is 13.2 Å². The number of unbranched alkanes of at least 4 members (excludes halogenated alkanes) is 2. The molecule has 0 heterocycles. The van der Waals surface area contributed by atoms with E-state index < -0.39 is 0 Å². The fourth-order valence-corrected chi connectivity index (χ4v) is 0.220. The fourth-order valence-electron chi connectivity index (χ4n) is 0.220. The predicted molar refractivity (Wildman–Crippen MR) is 67.5 cm³/mol. The molecule has 0 saturated heterocycles. The Hall–Kier alpha value is 0.679. The zero-order valence-corrected chi connectivity index (χ0v) is 14.2. The van der Waals surface area contributed by atoms with Crippen LogP contribution in [0.15, 0.2) is 0 Å². The summed E-state index contributed by atoms with van der Waals surface area (Å²) in [5.74, 6) is 0. The zero-order chi connectivity index (χ0) is 12.4. The van der Waals surface area contributed by atoms with Crippen molar-refractivity contribution in [2.45, 2.75) is 53.4 Å². The van der Waals surface area contributed by atoms with Crippen LogP contribution in [0.2, 0.25) is 0 Å². The molecule has 0 aromatic rings. The molecule has 16 heavy (non-hydrogen) atoms. The van der Waals surface area contributed by atoms with Gasteiger partial charge >= 0.3 is 23.9 Å². The Labute approximate surface area is 119 Å². The van der Waals surface area contributed by atoms with Crippen LogP contribution in [0.1, 0.15) is 53.4 Å². The molecule has 0 N–H and O–H groups in total. The third-order valence-corrected chi connectivity index (χ3v) is 1.46. The average molecular weight is 339 g/mol. The summed E-state index contributed by atoms with van der Waals surface area (Å²) in [4.78, 5) is 0. The zero-order valence-electron chi connectivity index (χ0n) is 11.4. The summed E-state index contributed by atoms with van der Waals surface area (Å²) >= 11 is 0. The molecule has 0 aliphatic heterocycles. The van der Waals surface area contributed by atoms with E-state index in [1.165, 1.54) is 25.7 Å². The third-order valence-electron chi connectivity index (χ3n) is 1.46. The van der Waals surface area contributed by atoms with Crippen molar-refractivity contribution in [3.8, 4) is 0 Å². The van der Waals surface area contributed by atoms with E-state index in [2.05, 4.69) is 32.4 Å². The molecule has 0 bridgehead atoms. The van der Waals surface area contributed by atoms with Crippen molar-refractivity contribution in [2.75, 3.05) is 26.4 Å². The number of hydrogen-bond acceptors (Lipinski definition) is 3. The van der Waals surface area contributed by atoms with E-state index >= 15 is 0 Å². The second-order valence-electron chi connectivity index (χ2n) is 3.02. The Bertz CT molecular complexity index is 61.3. The van der Waals surface area contributed by atoms with Gasteiger partial charge in [-0.15, -0.1) is 13.2 Å². The van der Waals surface area contributed by atoms with Crippen molar-refractivity contribution in [2.24, 2.45) is 0 Å². The van der Waals surface area contributed by atoms with E-state index in [4.69, 9.17) is 0 Å². The predicted octanol–water partition coefficient (Wildman–Crippen LogP) is 0.956. The Morgan fingerprint density at radius 1 is 0.688 bits per heavy atom. The molecule has 3 nitrogen and oxygen atoms in total. The Morgan fingerprint density at radius 2 is 0.938 bits per heavy atom. The maximum Gasteiger partial charge on any atom is 2.00 e. The fraction of sp³-hybridized carbons (Fsp3) is 1.00. The minimum Gasteiger partial charge on any atom is -0.853 e. The van der Waals surface area contributed by atoms with Crippen molar-refractivity contribution in [1.82, 2.24) is 0 Å². The van der Waals surface area contributed by atoms with Gasteiger partial charge in [0.2, 0.25) is 0 Å². The first-order valence-corrected chi connectivity index (χ1v) is 5.98. The average Bonchev–Trinajstić information content (AvgIpc) is 2.30. The van der Waals surface area contributed by atoms with Crippen molar-refractivity contribution in [3.63, 3.8) is 0 Å². The van der Waals surface area contributed by atoms with Crippen LogP contribution in [0.25, 0.3) is 0 Å². The molecule has 2 radical (unpaired) electrons. The van der Waals surface area contributed by atoms with E-state index in [0.29, 0.717) is 0 Å². The molecule has 0 aliphatic carbocycles. The Kier molecular flexibility index (Phi) is 57.5. The number of rotatable bonds is 6. The smallest absolute Gasteiger partial charge is 0.853 e. The van der Waals surface area contributed by atoms with Gasteiger partial charge < -0.3 is 14.9 Å². The Balaban J connectivity index is -0.0000000700. The van der Waals surface area contributed by atoms with Crippen LogP contribution in [0.3, 0.4) is 0 Å². The summed E-state index contributed by atoms with van der Waals surface area (Å²) in [6.45, 7) is 8.56. The van der Waals surface area contributed by atoms with E-state index in [1.54, 1.807) is 0 Å². The van der Waals surface area contributed by atoms with E-state index in [0.717, 1.165) is 0 Å². The van der Waals surface area contributed by atoms with Crippen molar-refractivity contribution >= 4 is 23.9 Å². The summed E-state index contributed by atoms with van der Waals surface area (Å²) in [5, 5.41) is 19.2. The molecule has 0 saturated carbocycles.